The Morgan fingerprint density at radius 3 is 1.50 bits per heavy atom. The summed E-state index contributed by atoms with van der Waals surface area (Å²) in [5.74, 6) is 0. The van der Waals surface area contributed by atoms with Crippen LogP contribution in [0.2, 0.25) is 0 Å². The quantitative estimate of drug-likeness (QED) is 0.166. The summed E-state index contributed by atoms with van der Waals surface area (Å²) >= 11 is 0. The fraction of sp³-hybridized carbons (Fsp3) is 0.258. The standard InChI is InChI=1S/C62H63NO/c1-59(2,3)44-32-43(33-45(36-44)60(4,5)6)50-26-18-20-40-21-19-27-53(58(40)50)51-24-13-15-28-55(51)63(49-38-46(61(7,8)9)37-47(39-49)62(10,11)12)48-23-17-22-41(34-48)42-30-31-57-54(35-42)52-25-14-16-29-56(52)64-57/h13-39H,1-12H3. The van der Waals surface area contributed by atoms with E-state index in [0.717, 1.165) is 50.1 Å². The van der Waals surface area contributed by atoms with E-state index >= 15 is 0 Å². The highest BCUT2D eigenvalue weighted by atomic mass is 16.3. The van der Waals surface area contributed by atoms with Crippen molar-refractivity contribution in [1.29, 1.82) is 0 Å². The molecule has 0 amide bonds. The second kappa shape index (κ2) is 15.7. The average molecular weight is 838 g/mol. The zero-order valence-corrected chi connectivity index (χ0v) is 39.9. The molecule has 0 spiro atoms. The molecule has 9 aromatic rings. The van der Waals surface area contributed by atoms with Gasteiger partial charge in [0.15, 0.2) is 0 Å². The SMILES string of the molecule is CC(C)(C)c1cc(-c2cccc3cccc(-c4ccccc4N(c4cccc(-c5ccc6oc7ccccc7c6c5)c4)c4cc(C(C)(C)C)cc(C(C)(C)C)c4)c23)cc(C(C)(C)C)c1. The van der Waals surface area contributed by atoms with Gasteiger partial charge in [0.05, 0.1) is 5.69 Å². The van der Waals surface area contributed by atoms with Gasteiger partial charge in [0.1, 0.15) is 11.2 Å². The lowest BCUT2D eigenvalue weighted by Gasteiger charge is -2.32. The predicted molar refractivity (Wildman–Crippen MR) is 277 cm³/mol. The Kier molecular flexibility index (Phi) is 10.5. The van der Waals surface area contributed by atoms with Crippen molar-refractivity contribution in [2.45, 2.75) is 105 Å². The third-order valence-corrected chi connectivity index (χ3v) is 13.0. The maximum atomic E-state index is 6.25. The van der Waals surface area contributed by atoms with E-state index in [2.05, 4.69) is 240 Å². The summed E-state index contributed by atoms with van der Waals surface area (Å²) in [6.45, 7) is 27.9. The molecule has 0 saturated heterocycles. The van der Waals surface area contributed by atoms with Gasteiger partial charge < -0.3 is 9.32 Å². The van der Waals surface area contributed by atoms with E-state index in [9.17, 15) is 0 Å². The van der Waals surface area contributed by atoms with Gasteiger partial charge in [0, 0.05) is 27.7 Å². The zero-order valence-electron chi connectivity index (χ0n) is 39.9. The molecule has 0 aliphatic carbocycles. The van der Waals surface area contributed by atoms with Crippen LogP contribution < -0.4 is 4.90 Å². The molecule has 0 bridgehead atoms. The van der Waals surface area contributed by atoms with E-state index in [1.165, 1.54) is 55.3 Å². The Morgan fingerprint density at radius 2 is 0.859 bits per heavy atom. The molecule has 0 fully saturated rings. The number of fused-ring (bicyclic) bond motifs is 4. The highest BCUT2D eigenvalue weighted by Gasteiger charge is 2.27. The van der Waals surface area contributed by atoms with Gasteiger partial charge in [-0.3, -0.25) is 0 Å². The Morgan fingerprint density at radius 1 is 0.344 bits per heavy atom. The van der Waals surface area contributed by atoms with E-state index < -0.39 is 0 Å². The van der Waals surface area contributed by atoms with Crippen molar-refractivity contribution in [3.8, 4) is 33.4 Å². The van der Waals surface area contributed by atoms with Crippen LogP contribution in [0.15, 0.2) is 168 Å². The van der Waals surface area contributed by atoms with Crippen molar-refractivity contribution in [2.75, 3.05) is 4.90 Å². The van der Waals surface area contributed by atoms with E-state index in [1.54, 1.807) is 0 Å². The first-order chi connectivity index (χ1) is 30.2. The first kappa shape index (κ1) is 42.9. The van der Waals surface area contributed by atoms with Gasteiger partial charge in [-0.15, -0.1) is 0 Å². The van der Waals surface area contributed by atoms with E-state index in [-0.39, 0.29) is 21.7 Å². The first-order valence-electron chi connectivity index (χ1n) is 23.0. The highest BCUT2D eigenvalue weighted by Crippen LogP contribution is 2.48. The molecule has 0 atom stereocenters. The average Bonchev–Trinajstić information content (AvgIpc) is 3.63. The van der Waals surface area contributed by atoms with Crippen LogP contribution in [0, 0.1) is 0 Å². The Balaban J connectivity index is 1.31. The van der Waals surface area contributed by atoms with Crippen molar-refractivity contribution < 1.29 is 4.42 Å². The summed E-state index contributed by atoms with van der Waals surface area (Å²) in [7, 11) is 0. The van der Waals surface area contributed by atoms with Gasteiger partial charge in [0.2, 0.25) is 0 Å². The number of anilines is 3. The number of rotatable bonds is 6. The molecular weight excluding hydrogens is 775 g/mol. The van der Waals surface area contributed by atoms with Crippen molar-refractivity contribution >= 4 is 49.8 Å². The van der Waals surface area contributed by atoms with E-state index in [0.29, 0.717) is 0 Å². The van der Waals surface area contributed by atoms with Crippen LogP contribution in [0.4, 0.5) is 17.1 Å². The summed E-state index contributed by atoms with van der Waals surface area (Å²) in [5.41, 5.74) is 17.6. The maximum Gasteiger partial charge on any atom is 0.135 e. The Labute approximate surface area is 381 Å². The molecule has 0 saturated carbocycles. The van der Waals surface area contributed by atoms with Crippen LogP contribution in [0.25, 0.3) is 66.1 Å². The van der Waals surface area contributed by atoms with E-state index in [1.807, 2.05) is 12.1 Å². The van der Waals surface area contributed by atoms with Crippen molar-refractivity contribution in [3.63, 3.8) is 0 Å². The number of benzene rings is 8. The molecule has 2 heteroatoms. The molecule has 9 rings (SSSR count). The zero-order chi connectivity index (χ0) is 45.3. The lowest BCUT2D eigenvalue weighted by atomic mass is 9.78. The number of nitrogens with zero attached hydrogens (tertiary/aromatic N) is 1. The largest absolute Gasteiger partial charge is 0.456 e. The molecule has 8 aromatic carbocycles. The molecule has 0 aliphatic heterocycles. The normalized spacial score (nSPS) is 12.7. The smallest absolute Gasteiger partial charge is 0.135 e. The third kappa shape index (κ3) is 8.16. The van der Waals surface area contributed by atoms with Crippen LogP contribution in [-0.2, 0) is 21.7 Å². The van der Waals surface area contributed by atoms with Gasteiger partial charge in [-0.25, -0.2) is 0 Å². The fourth-order valence-electron chi connectivity index (χ4n) is 9.12. The minimum Gasteiger partial charge on any atom is -0.456 e. The van der Waals surface area contributed by atoms with Crippen molar-refractivity contribution in [2.24, 2.45) is 0 Å². The predicted octanol–water partition coefficient (Wildman–Crippen LogP) is 18.4. The molecular formula is C62H63NO. The number of para-hydroxylation sites is 2. The van der Waals surface area contributed by atoms with Crippen LogP contribution >= 0.6 is 0 Å². The van der Waals surface area contributed by atoms with Crippen molar-refractivity contribution in [3.05, 3.63) is 186 Å². The van der Waals surface area contributed by atoms with Gasteiger partial charge in [0.25, 0.3) is 0 Å². The topological polar surface area (TPSA) is 16.4 Å². The molecule has 0 aliphatic rings. The summed E-state index contributed by atoms with van der Waals surface area (Å²) in [6, 6.07) is 61.2. The fourth-order valence-corrected chi connectivity index (χ4v) is 9.12. The molecule has 0 radical (unpaired) electrons. The summed E-state index contributed by atoms with van der Waals surface area (Å²) in [4.78, 5) is 2.51. The second-order valence-corrected chi connectivity index (χ2v) is 22.0. The third-order valence-electron chi connectivity index (χ3n) is 13.0. The van der Waals surface area contributed by atoms with Gasteiger partial charge in [-0.1, -0.05) is 198 Å². The molecule has 1 heterocycles. The Bertz CT molecular complexity index is 3130. The summed E-state index contributed by atoms with van der Waals surface area (Å²) in [5, 5.41) is 4.75. The number of furan rings is 1. The Hall–Kier alpha value is -6.38. The van der Waals surface area contributed by atoms with Gasteiger partial charge >= 0.3 is 0 Å². The maximum absolute atomic E-state index is 6.25. The van der Waals surface area contributed by atoms with Crippen LogP contribution in [0.1, 0.15) is 105 Å². The van der Waals surface area contributed by atoms with Gasteiger partial charge in [-0.2, -0.15) is 0 Å². The van der Waals surface area contributed by atoms with Crippen LogP contribution in [0.3, 0.4) is 0 Å². The molecule has 64 heavy (non-hydrogen) atoms. The lowest BCUT2D eigenvalue weighted by Crippen LogP contribution is -2.19. The minimum atomic E-state index is -0.0656. The van der Waals surface area contributed by atoms with E-state index in [4.69, 9.17) is 4.42 Å². The van der Waals surface area contributed by atoms with Crippen LogP contribution in [-0.4, -0.2) is 0 Å². The monoisotopic (exact) mass is 837 g/mol. The lowest BCUT2D eigenvalue weighted by molar-refractivity contribution is 0.568. The van der Waals surface area contributed by atoms with Gasteiger partial charge in [-0.05, 0) is 131 Å². The molecule has 2 nitrogen and oxygen atoms in total. The molecule has 0 N–H and O–H groups in total. The van der Waals surface area contributed by atoms with Crippen LogP contribution in [0.5, 0.6) is 0 Å². The first-order valence-corrected chi connectivity index (χ1v) is 23.0. The number of hydrogen-bond acceptors (Lipinski definition) is 2. The van der Waals surface area contributed by atoms with Crippen molar-refractivity contribution in [1.82, 2.24) is 0 Å². The second-order valence-electron chi connectivity index (χ2n) is 22.0. The number of hydrogen-bond donors (Lipinski definition) is 0. The summed E-state index contributed by atoms with van der Waals surface area (Å²) in [6.07, 6.45) is 0. The molecule has 1 aromatic heterocycles. The molecule has 322 valence electrons. The summed E-state index contributed by atoms with van der Waals surface area (Å²) < 4.78 is 6.25. The minimum absolute atomic E-state index is 0.00335. The highest BCUT2D eigenvalue weighted by molar-refractivity contribution is 6.09. The molecule has 0 unspecified atom stereocenters.